The molecule has 0 saturated heterocycles. The van der Waals surface area contributed by atoms with E-state index in [1.54, 1.807) is 0 Å². The molecule has 1 rings (SSSR count). The second-order valence-corrected chi connectivity index (χ2v) is 3.20. The van der Waals surface area contributed by atoms with Crippen molar-refractivity contribution in [3.8, 4) is 5.75 Å². The van der Waals surface area contributed by atoms with Crippen LogP contribution < -0.4 is 0 Å². The number of carbonyl (C=O) groups is 1. The number of phenols is 1. The number of halogens is 3. The fraction of sp³-hybridized carbons (Fsp3) is 0.300. The second kappa shape index (κ2) is 4.42. The number of carboxylic acids is 1. The number of alkyl halides is 3. The molecule has 0 atom stereocenters. The zero-order chi connectivity index (χ0) is 12.3. The Morgan fingerprint density at radius 3 is 2.44 bits per heavy atom. The Kier molecular flexibility index (Phi) is 3.41. The lowest BCUT2D eigenvalue weighted by atomic mass is 10.0. The van der Waals surface area contributed by atoms with E-state index in [4.69, 9.17) is 10.2 Å². The average Bonchev–Trinajstić information content (AvgIpc) is 2.12. The number of carboxylic acid groups (broad SMARTS) is 1. The molecule has 2 N–H and O–H groups in total. The zero-order valence-corrected chi connectivity index (χ0v) is 8.08. The van der Waals surface area contributed by atoms with Crippen LogP contribution >= 0.6 is 0 Å². The number of hydrogen-bond donors (Lipinski definition) is 2. The number of benzene rings is 1. The highest BCUT2D eigenvalue weighted by molar-refractivity contribution is 5.67. The van der Waals surface area contributed by atoms with Gasteiger partial charge in [0.05, 0.1) is 0 Å². The summed E-state index contributed by atoms with van der Waals surface area (Å²) in [6, 6.07) is 3.33. The molecule has 0 bridgehead atoms. The summed E-state index contributed by atoms with van der Waals surface area (Å²) in [4.78, 5) is 10.3. The highest BCUT2D eigenvalue weighted by atomic mass is 19.4. The van der Waals surface area contributed by atoms with Crippen LogP contribution in [0.2, 0.25) is 0 Å². The van der Waals surface area contributed by atoms with Gasteiger partial charge in [0.2, 0.25) is 0 Å². The van der Waals surface area contributed by atoms with Crippen molar-refractivity contribution in [1.82, 2.24) is 0 Å². The monoisotopic (exact) mass is 234 g/mol. The SMILES string of the molecule is O=C(O)CCc1cccc(O)c1C(F)(F)F. The Balaban J connectivity index is 3.08. The van der Waals surface area contributed by atoms with Gasteiger partial charge in [-0.2, -0.15) is 13.2 Å². The molecule has 0 saturated carbocycles. The van der Waals surface area contributed by atoms with Gasteiger partial charge in [0.15, 0.2) is 0 Å². The van der Waals surface area contributed by atoms with Crippen molar-refractivity contribution in [3.05, 3.63) is 29.3 Å². The molecule has 0 radical (unpaired) electrons. The van der Waals surface area contributed by atoms with Crippen LogP contribution in [0.25, 0.3) is 0 Å². The normalized spacial score (nSPS) is 11.4. The first-order valence-electron chi connectivity index (χ1n) is 4.42. The van der Waals surface area contributed by atoms with Gasteiger partial charge in [-0.05, 0) is 18.1 Å². The topological polar surface area (TPSA) is 57.5 Å². The van der Waals surface area contributed by atoms with E-state index in [1.807, 2.05) is 0 Å². The van der Waals surface area contributed by atoms with Crippen molar-refractivity contribution in [2.75, 3.05) is 0 Å². The predicted octanol–water partition coefficient (Wildman–Crippen LogP) is 2.43. The van der Waals surface area contributed by atoms with Crippen molar-refractivity contribution in [2.45, 2.75) is 19.0 Å². The molecule has 16 heavy (non-hydrogen) atoms. The lowest BCUT2D eigenvalue weighted by Gasteiger charge is -2.13. The standard InChI is InChI=1S/C10H9F3O3/c11-10(12,13)9-6(4-5-8(15)16)2-1-3-7(9)14/h1-3,14H,4-5H2,(H,15,16). The minimum Gasteiger partial charge on any atom is -0.507 e. The second-order valence-electron chi connectivity index (χ2n) is 3.20. The van der Waals surface area contributed by atoms with Gasteiger partial charge in [-0.3, -0.25) is 4.79 Å². The molecule has 0 aliphatic carbocycles. The summed E-state index contributed by atoms with van der Waals surface area (Å²) in [5, 5.41) is 17.5. The van der Waals surface area contributed by atoms with Crippen molar-refractivity contribution >= 4 is 5.97 Å². The third-order valence-corrected chi connectivity index (χ3v) is 2.02. The zero-order valence-electron chi connectivity index (χ0n) is 8.08. The third-order valence-electron chi connectivity index (χ3n) is 2.02. The number of hydrogen-bond acceptors (Lipinski definition) is 2. The summed E-state index contributed by atoms with van der Waals surface area (Å²) < 4.78 is 37.6. The minimum absolute atomic E-state index is 0.213. The van der Waals surface area contributed by atoms with Crippen molar-refractivity contribution in [3.63, 3.8) is 0 Å². The van der Waals surface area contributed by atoms with Gasteiger partial charge < -0.3 is 10.2 Å². The van der Waals surface area contributed by atoms with Gasteiger partial charge in [-0.25, -0.2) is 0 Å². The summed E-state index contributed by atoms with van der Waals surface area (Å²) in [7, 11) is 0. The molecule has 6 heteroatoms. The summed E-state index contributed by atoms with van der Waals surface area (Å²) >= 11 is 0. The average molecular weight is 234 g/mol. The fourth-order valence-corrected chi connectivity index (χ4v) is 1.36. The van der Waals surface area contributed by atoms with Crippen molar-refractivity contribution < 1.29 is 28.2 Å². The van der Waals surface area contributed by atoms with Crippen molar-refractivity contribution in [1.29, 1.82) is 0 Å². The quantitative estimate of drug-likeness (QED) is 0.844. The molecule has 1 aromatic carbocycles. The Labute approximate surface area is 89.1 Å². The van der Waals surface area contributed by atoms with Gasteiger partial charge in [-0.1, -0.05) is 12.1 Å². The van der Waals surface area contributed by atoms with Crippen LogP contribution in [0.3, 0.4) is 0 Å². The van der Waals surface area contributed by atoms with E-state index in [0.29, 0.717) is 0 Å². The highest BCUT2D eigenvalue weighted by Gasteiger charge is 2.36. The van der Waals surface area contributed by atoms with Crippen LogP contribution in [0, 0.1) is 0 Å². The number of rotatable bonds is 3. The van der Waals surface area contributed by atoms with E-state index in [-0.39, 0.29) is 12.0 Å². The lowest BCUT2D eigenvalue weighted by Crippen LogP contribution is -2.10. The number of aliphatic carboxylic acids is 1. The number of phenolic OH excluding ortho intramolecular Hbond substituents is 1. The van der Waals surface area contributed by atoms with Crippen LogP contribution in [0.1, 0.15) is 17.5 Å². The Morgan fingerprint density at radius 1 is 1.31 bits per heavy atom. The molecule has 0 aliphatic rings. The van der Waals surface area contributed by atoms with E-state index in [0.717, 1.165) is 12.1 Å². The fourth-order valence-electron chi connectivity index (χ4n) is 1.36. The molecule has 88 valence electrons. The molecule has 1 aromatic rings. The van der Waals surface area contributed by atoms with Crippen molar-refractivity contribution in [2.24, 2.45) is 0 Å². The first-order valence-corrected chi connectivity index (χ1v) is 4.42. The number of aryl methyl sites for hydroxylation is 1. The molecule has 0 amide bonds. The molecule has 0 spiro atoms. The highest BCUT2D eigenvalue weighted by Crippen LogP contribution is 2.38. The summed E-state index contributed by atoms with van der Waals surface area (Å²) in [6.07, 6.45) is -5.36. The predicted molar refractivity (Wildman–Crippen MR) is 49.1 cm³/mol. The van der Waals surface area contributed by atoms with E-state index >= 15 is 0 Å². The molecule has 0 aromatic heterocycles. The van der Waals surface area contributed by atoms with Gasteiger partial charge in [-0.15, -0.1) is 0 Å². The summed E-state index contributed by atoms with van der Waals surface area (Å²) in [6.45, 7) is 0. The van der Waals surface area contributed by atoms with Gasteiger partial charge >= 0.3 is 12.1 Å². The summed E-state index contributed by atoms with van der Waals surface area (Å²) in [5.41, 5.74) is -1.37. The molecular weight excluding hydrogens is 225 g/mol. The summed E-state index contributed by atoms with van der Waals surface area (Å²) in [5.74, 6) is -2.06. The molecule has 0 fully saturated rings. The maximum atomic E-state index is 12.5. The lowest BCUT2D eigenvalue weighted by molar-refractivity contribution is -0.140. The van der Waals surface area contributed by atoms with E-state index in [9.17, 15) is 18.0 Å². The Hall–Kier alpha value is -1.72. The van der Waals surface area contributed by atoms with E-state index < -0.39 is 29.9 Å². The van der Waals surface area contributed by atoms with Gasteiger partial charge in [0, 0.05) is 6.42 Å². The molecule has 0 unspecified atom stereocenters. The van der Waals surface area contributed by atoms with Crippen LogP contribution in [-0.4, -0.2) is 16.2 Å². The van der Waals surface area contributed by atoms with E-state index in [2.05, 4.69) is 0 Å². The van der Waals surface area contributed by atoms with Crippen LogP contribution in [0.15, 0.2) is 18.2 Å². The largest absolute Gasteiger partial charge is 0.507 e. The van der Waals surface area contributed by atoms with Gasteiger partial charge in [0.1, 0.15) is 11.3 Å². The Bertz CT molecular complexity index is 399. The maximum absolute atomic E-state index is 12.5. The smallest absolute Gasteiger partial charge is 0.420 e. The van der Waals surface area contributed by atoms with Crippen LogP contribution in [-0.2, 0) is 17.4 Å². The first kappa shape index (κ1) is 12.4. The molecular formula is C10H9F3O3. The Morgan fingerprint density at radius 2 is 1.94 bits per heavy atom. The van der Waals surface area contributed by atoms with E-state index in [1.165, 1.54) is 6.07 Å². The van der Waals surface area contributed by atoms with Crippen LogP contribution in [0.5, 0.6) is 5.75 Å². The first-order chi connectivity index (χ1) is 7.32. The molecule has 0 aliphatic heterocycles. The minimum atomic E-state index is -4.68. The third kappa shape index (κ3) is 2.88. The molecule has 3 nitrogen and oxygen atoms in total. The molecule has 0 heterocycles. The van der Waals surface area contributed by atoms with Gasteiger partial charge in [0.25, 0.3) is 0 Å². The number of aromatic hydroxyl groups is 1. The van der Waals surface area contributed by atoms with Crippen LogP contribution in [0.4, 0.5) is 13.2 Å². The maximum Gasteiger partial charge on any atom is 0.420 e.